The molecular weight excluding hydrogens is 309 g/mol. The highest BCUT2D eigenvalue weighted by atomic mass is 32.2. The Kier molecular flexibility index (Phi) is 5.59. The molecule has 0 aliphatic carbocycles. The molecule has 0 spiro atoms. The summed E-state index contributed by atoms with van der Waals surface area (Å²) in [6.45, 7) is 1.67. The Balaban J connectivity index is 2.79. The lowest BCUT2D eigenvalue weighted by molar-refractivity contribution is -0.274. The second-order valence-electron chi connectivity index (χ2n) is 4.41. The van der Waals surface area contributed by atoms with Gasteiger partial charge in [0.05, 0.1) is 5.69 Å². The van der Waals surface area contributed by atoms with Gasteiger partial charge in [0.1, 0.15) is 0 Å². The van der Waals surface area contributed by atoms with E-state index in [0.29, 0.717) is 0 Å². The zero-order valence-corrected chi connectivity index (χ0v) is 12.2. The number of nitrogens with two attached hydrogens (primary N) is 1. The van der Waals surface area contributed by atoms with Crippen molar-refractivity contribution >= 4 is 22.4 Å². The lowest BCUT2D eigenvalue weighted by Gasteiger charge is -2.14. The Bertz CT molecular complexity index is 549. The quantitative estimate of drug-likeness (QED) is 0.807. The second kappa shape index (κ2) is 6.79. The van der Waals surface area contributed by atoms with E-state index in [2.05, 4.69) is 10.1 Å². The molecule has 0 heterocycles. The predicted molar refractivity (Wildman–Crippen MR) is 73.4 cm³/mol. The highest BCUT2D eigenvalue weighted by molar-refractivity contribution is 7.84. The highest BCUT2D eigenvalue weighted by Crippen LogP contribution is 2.28. The van der Waals surface area contributed by atoms with Gasteiger partial charge in [-0.3, -0.25) is 9.00 Å². The summed E-state index contributed by atoms with van der Waals surface area (Å²) in [7, 11) is -1.07. The van der Waals surface area contributed by atoms with Gasteiger partial charge in [0.15, 0.2) is 5.75 Å². The topological polar surface area (TPSA) is 81.4 Å². The fourth-order valence-electron chi connectivity index (χ4n) is 1.61. The van der Waals surface area contributed by atoms with Crippen LogP contribution >= 0.6 is 0 Å². The van der Waals surface area contributed by atoms with Gasteiger partial charge >= 0.3 is 6.36 Å². The Hall–Kier alpha value is -1.77. The Morgan fingerprint density at radius 2 is 2.10 bits per heavy atom. The van der Waals surface area contributed by atoms with Crippen LogP contribution in [0.5, 0.6) is 5.75 Å². The Labute approximate surface area is 122 Å². The molecule has 2 unspecified atom stereocenters. The van der Waals surface area contributed by atoms with E-state index in [1.165, 1.54) is 12.3 Å². The van der Waals surface area contributed by atoms with Crippen LogP contribution in [-0.2, 0) is 10.8 Å². The van der Waals surface area contributed by atoms with Gasteiger partial charge in [-0.05, 0) is 25.1 Å². The molecule has 0 bridgehead atoms. The van der Waals surface area contributed by atoms with Crippen molar-refractivity contribution in [2.45, 2.75) is 19.3 Å². The molecule has 21 heavy (non-hydrogen) atoms. The summed E-state index contributed by atoms with van der Waals surface area (Å²) in [6, 6.07) is 2.89. The molecule has 1 amide bonds. The van der Waals surface area contributed by atoms with Gasteiger partial charge in [-0.25, -0.2) is 0 Å². The first-order valence-corrected chi connectivity index (χ1v) is 7.57. The number of carbonyl (C=O) groups excluding carboxylic acids is 1. The van der Waals surface area contributed by atoms with Crippen LogP contribution in [0.4, 0.5) is 18.9 Å². The molecule has 2 atom stereocenters. The number of nitrogens with one attached hydrogen (secondary N) is 1. The summed E-state index contributed by atoms with van der Waals surface area (Å²) in [4.78, 5) is 11.9. The Morgan fingerprint density at radius 3 is 2.57 bits per heavy atom. The van der Waals surface area contributed by atoms with Crippen LogP contribution in [0.25, 0.3) is 0 Å². The van der Waals surface area contributed by atoms with Crippen LogP contribution in [0.3, 0.4) is 0 Å². The summed E-state index contributed by atoms with van der Waals surface area (Å²) in [5.74, 6) is -0.809. The van der Waals surface area contributed by atoms with Crippen molar-refractivity contribution in [2.24, 2.45) is 0 Å². The minimum atomic E-state index is -4.85. The van der Waals surface area contributed by atoms with E-state index in [4.69, 9.17) is 5.73 Å². The average Bonchev–Trinajstić information content (AvgIpc) is 2.28. The first kappa shape index (κ1) is 17.3. The maximum Gasteiger partial charge on any atom is 0.573 e. The third kappa shape index (κ3) is 6.03. The number of hydrogen-bond donors (Lipinski definition) is 2. The molecule has 0 aliphatic rings. The van der Waals surface area contributed by atoms with Gasteiger partial charge in [0, 0.05) is 34.4 Å². The molecule has 1 rings (SSSR count). The van der Waals surface area contributed by atoms with E-state index in [9.17, 15) is 22.2 Å². The molecular formula is C12H15F3N2O3S. The number of carbonyl (C=O) groups is 1. The van der Waals surface area contributed by atoms with Crippen molar-refractivity contribution < 1.29 is 26.9 Å². The van der Waals surface area contributed by atoms with Gasteiger partial charge in [-0.15, -0.1) is 13.2 Å². The van der Waals surface area contributed by atoms with Crippen molar-refractivity contribution in [1.82, 2.24) is 5.32 Å². The molecule has 0 fully saturated rings. The lowest BCUT2D eigenvalue weighted by atomic mass is 10.1. The standard InChI is InChI=1S/C12H15F3N2O3S/c1-7(6-21(2)19)17-11(18)8-3-4-10(9(16)5-8)20-12(13,14)15/h3-5,7H,6,16H2,1-2H3,(H,17,18). The fourth-order valence-corrected chi connectivity index (χ4v) is 2.40. The van der Waals surface area contributed by atoms with Crippen molar-refractivity contribution in [1.29, 1.82) is 0 Å². The van der Waals surface area contributed by atoms with Crippen molar-refractivity contribution in [3.05, 3.63) is 23.8 Å². The molecule has 118 valence electrons. The predicted octanol–water partition coefficient (Wildman–Crippen LogP) is 1.66. The Morgan fingerprint density at radius 1 is 1.48 bits per heavy atom. The van der Waals surface area contributed by atoms with Crippen LogP contribution in [0.1, 0.15) is 17.3 Å². The maximum absolute atomic E-state index is 12.1. The lowest BCUT2D eigenvalue weighted by Crippen LogP contribution is -2.36. The molecule has 0 saturated heterocycles. The number of alkyl halides is 3. The number of rotatable bonds is 5. The number of ether oxygens (including phenoxy) is 1. The van der Waals surface area contributed by atoms with E-state index >= 15 is 0 Å². The number of nitrogen functional groups attached to an aromatic ring is 1. The van der Waals surface area contributed by atoms with E-state index in [1.54, 1.807) is 6.92 Å². The molecule has 0 saturated carbocycles. The zero-order valence-electron chi connectivity index (χ0n) is 11.4. The van der Waals surface area contributed by atoms with Gasteiger partial charge in [-0.1, -0.05) is 0 Å². The molecule has 9 heteroatoms. The van der Waals surface area contributed by atoms with Gasteiger partial charge in [0.2, 0.25) is 0 Å². The molecule has 3 N–H and O–H groups in total. The van der Waals surface area contributed by atoms with Gasteiger partial charge < -0.3 is 15.8 Å². The van der Waals surface area contributed by atoms with Gasteiger partial charge in [-0.2, -0.15) is 0 Å². The van der Waals surface area contributed by atoms with E-state index in [1.807, 2.05) is 0 Å². The molecule has 0 radical (unpaired) electrons. The van der Waals surface area contributed by atoms with E-state index < -0.39 is 28.8 Å². The zero-order chi connectivity index (χ0) is 16.2. The van der Waals surface area contributed by atoms with E-state index in [-0.39, 0.29) is 23.0 Å². The van der Waals surface area contributed by atoms with Gasteiger partial charge in [0.25, 0.3) is 5.91 Å². The third-order valence-corrected chi connectivity index (χ3v) is 3.33. The van der Waals surface area contributed by atoms with Crippen LogP contribution in [-0.4, -0.2) is 34.5 Å². The minimum Gasteiger partial charge on any atom is -0.404 e. The molecule has 5 nitrogen and oxygen atoms in total. The third-order valence-electron chi connectivity index (χ3n) is 2.36. The van der Waals surface area contributed by atoms with E-state index in [0.717, 1.165) is 12.1 Å². The molecule has 1 aromatic rings. The largest absolute Gasteiger partial charge is 0.573 e. The number of hydrogen-bond acceptors (Lipinski definition) is 4. The minimum absolute atomic E-state index is 0.0933. The summed E-state index contributed by atoms with van der Waals surface area (Å²) >= 11 is 0. The van der Waals surface area contributed by atoms with Crippen LogP contribution in [0, 0.1) is 0 Å². The second-order valence-corrected chi connectivity index (χ2v) is 5.89. The number of amides is 1. The van der Waals surface area contributed by atoms with Crippen molar-refractivity contribution in [3.8, 4) is 5.75 Å². The molecule has 0 aromatic heterocycles. The fraction of sp³-hybridized carbons (Fsp3) is 0.417. The first-order chi connectivity index (χ1) is 9.58. The number of anilines is 1. The highest BCUT2D eigenvalue weighted by Gasteiger charge is 2.32. The average molecular weight is 324 g/mol. The molecule has 0 aliphatic heterocycles. The van der Waals surface area contributed by atoms with Crippen molar-refractivity contribution in [3.63, 3.8) is 0 Å². The van der Waals surface area contributed by atoms with Crippen LogP contribution < -0.4 is 15.8 Å². The summed E-state index contributed by atoms with van der Waals surface area (Å²) < 4.78 is 51.0. The first-order valence-electron chi connectivity index (χ1n) is 5.84. The monoisotopic (exact) mass is 324 g/mol. The normalized spacial score (nSPS) is 14.3. The maximum atomic E-state index is 12.1. The van der Waals surface area contributed by atoms with Crippen LogP contribution in [0.15, 0.2) is 18.2 Å². The summed E-state index contributed by atoms with van der Waals surface area (Å²) in [5.41, 5.74) is 5.22. The smallest absolute Gasteiger partial charge is 0.404 e. The molecule has 1 aromatic carbocycles. The van der Waals surface area contributed by atoms with Crippen LogP contribution in [0.2, 0.25) is 0 Å². The summed E-state index contributed by atoms with van der Waals surface area (Å²) in [5, 5.41) is 2.57. The number of benzene rings is 1. The summed E-state index contributed by atoms with van der Waals surface area (Å²) in [6.07, 6.45) is -3.35. The SMILES string of the molecule is CC(CS(C)=O)NC(=O)c1ccc(OC(F)(F)F)c(N)c1. The number of halogens is 3. The van der Waals surface area contributed by atoms with Crippen molar-refractivity contribution in [2.75, 3.05) is 17.7 Å².